The Hall–Kier alpha value is -2.15. The summed E-state index contributed by atoms with van der Waals surface area (Å²) in [6.45, 7) is 5.30. The Balaban J connectivity index is 1.67. The summed E-state index contributed by atoms with van der Waals surface area (Å²) in [5.41, 5.74) is 5.14. The Kier molecular flexibility index (Phi) is 5.53. The van der Waals surface area contributed by atoms with Crippen molar-refractivity contribution in [3.8, 4) is 0 Å². The average molecular weight is 445 g/mol. The molecule has 0 aliphatic heterocycles. The van der Waals surface area contributed by atoms with Gasteiger partial charge < -0.3 is 5.32 Å². The molecule has 0 atom stereocenters. The van der Waals surface area contributed by atoms with Gasteiger partial charge in [0.2, 0.25) is 0 Å². The van der Waals surface area contributed by atoms with Gasteiger partial charge >= 0.3 is 0 Å². The van der Waals surface area contributed by atoms with E-state index >= 15 is 0 Å². The predicted molar refractivity (Wildman–Crippen MR) is 108 cm³/mol. The Morgan fingerprint density at radius 2 is 1.84 bits per heavy atom. The van der Waals surface area contributed by atoms with Crippen molar-refractivity contribution in [1.29, 1.82) is 0 Å². The molecule has 1 amide bonds. The second-order valence-corrected chi connectivity index (χ2v) is 7.23. The largest absolute Gasteiger partial charge is 0.348 e. The van der Waals surface area contributed by atoms with E-state index in [0.29, 0.717) is 12.1 Å². The number of carbonyl (C=O) groups is 1. The van der Waals surface area contributed by atoms with Crippen LogP contribution in [0.25, 0.3) is 0 Å². The third-order valence-corrected chi connectivity index (χ3v) is 4.94. The third kappa shape index (κ3) is 4.48. The van der Waals surface area contributed by atoms with Crippen LogP contribution in [0.15, 0.2) is 54.6 Å². The van der Waals surface area contributed by atoms with Crippen LogP contribution < -0.4 is 5.32 Å². The van der Waals surface area contributed by atoms with Crippen molar-refractivity contribution in [2.24, 2.45) is 0 Å². The highest BCUT2D eigenvalue weighted by Gasteiger charge is 2.09. The van der Waals surface area contributed by atoms with E-state index in [2.05, 4.69) is 58.1 Å². The zero-order valence-corrected chi connectivity index (χ0v) is 16.4. The standard InChI is InChI=1S/C20H20IN3O/c1-14-10-15(2)24(23-14)13-17-7-5-6-16(11-17)12-22-20(25)18-8-3-4-9-19(18)21/h3-11H,12-13H2,1-2H3,(H,22,25). The van der Waals surface area contributed by atoms with Crippen molar-refractivity contribution < 1.29 is 4.79 Å². The smallest absolute Gasteiger partial charge is 0.252 e. The molecular weight excluding hydrogens is 425 g/mol. The molecule has 3 aromatic rings. The average Bonchev–Trinajstić information content (AvgIpc) is 2.91. The van der Waals surface area contributed by atoms with Crippen LogP contribution in [0, 0.1) is 17.4 Å². The Morgan fingerprint density at radius 1 is 1.08 bits per heavy atom. The van der Waals surface area contributed by atoms with Gasteiger partial charge in [0, 0.05) is 15.8 Å². The zero-order chi connectivity index (χ0) is 17.8. The van der Waals surface area contributed by atoms with Crippen molar-refractivity contribution in [3.63, 3.8) is 0 Å². The van der Waals surface area contributed by atoms with E-state index in [1.807, 2.05) is 48.0 Å². The van der Waals surface area contributed by atoms with E-state index in [9.17, 15) is 4.79 Å². The number of amides is 1. The maximum absolute atomic E-state index is 12.3. The van der Waals surface area contributed by atoms with E-state index < -0.39 is 0 Å². The molecule has 1 heterocycles. The molecule has 25 heavy (non-hydrogen) atoms. The fourth-order valence-corrected chi connectivity index (χ4v) is 3.40. The number of rotatable bonds is 5. The van der Waals surface area contributed by atoms with E-state index in [1.165, 1.54) is 5.56 Å². The van der Waals surface area contributed by atoms with Gasteiger partial charge in [-0.3, -0.25) is 9.48 Å². The number of nitrogens with zero attached hydrogens (tertiary/aromatic N) is 2. The Bertz CT molecular complexity index is 901. The van der Waals surface area contributed by atoms with Crippen LogP contribution in [0.2, 0.25) is 0 Å². The van der Waals surface area contributed by atoms with E-state index in [1.54, 1.807) is 0 Å². The summed E-state index contributed by atoms with van der Waals surface area (Å²) in [5, 5.41) is 7.50. The first-order chi connectivity index (χ1) is 12.0. The lowest BCUT2D eigenvalue weighted by molar-refractivity contribution is 0.0950. The van der Waals surface area contributed by atoms with E-state index in [0.717, 1.165) is 27.1 Å². The van der Waals surface area contributed by atoms with Gasteiger partial charge in [0.05, 0.1) is 17.8 Å². The first kappa shape index (κ1) is 17.7. The van der Waals surface area contributed by atoms with Gasteiger partial charge in [-0.15, -0.1) is 0 Å². The first-order valence-electron chi connectivity index (χ1n) is 8.14. The summed E-state index contributed by atoms with van der Waals surface area (Å²) in [7, 11) is 0. The monoisotopic (exact) mass is 445 g/mol. The summed E-state index contributed by atoms with van der Waals surface area (Å²) < 4.78 is 2.95. The quantitative estimate of drug-likeness (QED) is 0.602. The highest BCUT2D eigenvalue weighted by Crippen LogP contribution is 2.13. The van der Waals surface area contributed by atoms with Crippen LogP contribution in [-0.4, -0.2) is 15.7 Å². The number of hydrogen-bond donors (Lipinski definition) is 1. The number of carbonyl (C=O) groups excluding carboxylic acids is 1. The van der Waals surface area contributed by atoms with Crippen LogP contribution in [0.5, 0.6) is 0 Å². The van der Waals surface area contributed by atoms with Crippen LogP contribution in [0.1, 0.15) is 32.9 Å². The lowest BCUT2D eigenvalue weighted by Gasteiger charge is -2.09. The summed E-state index contributed by atoms with van der Waals surface area (Å²) in [4.78, 5) is 12.3. The third-order valence-electron chi connectivity index (χ3n) is 4.00. The SMILES string of the molecule is Cc1cc(C)n(Cc2cccc(CNC(=O)c3ccccc3I)c2)n1. The maximum Gasteiger partial charge on any atom is 0.252 e. The number of benzene rings is 2. The van der Waals surface area contributed by atoms with Gasteiger partial charge in [0.15, 0.2) is 0 Å². The molecule has 0 aliphatic carbocycles. The summed E-state index contributed by atoms with van der Waals surface area (Å²) >= 11 is 2.18. The molecule has 0 saturated heterocycles. The molecule has 0 aliphatic rings. The molecule has 3 rings (SSSR count). The van der Waals surface area contributed by atoms with Crippen molar-refractivity contribution in [3.05, 3.63) is 86.2 Å². The van der Waals surface area contributed by atoms with Gasteiger partial charge in [0.25, 0.3) is 5.91 Å². The van der Waals surface area contributed by atoms with E-state index in [4.69, 9.17) is 0 Å². The highest BCUT2D eigenvalue weighted by molar-refractivity contribution is 14.1. The van der Waals surface area contributed by atoms with Gasteiger partial charge in [-0.1, -0.05) is 36.4 Å². The molecular formula is C20H20IN3O. The van der Waals surface area contributed by atoms with Gasteiger partial charge in [-0.2, -0.15) is 5.10 Å². The second kappa shape index (κ2) is 7.82. The predicted octanol–water partition coefficient (Wildman–Crippen LogP) is 4.08. The summed E-state index contributed by atoms with van der Waals surface area (Å²) in [6, 6.07) is 17.9. The van der Waals surface area contributed by atoms with Crippen LogP contribution in [-0.2, 0) is 13.1 Å². The number of nitrogens with one attached hydrogen (secondary N) is 1. The van der Waals surface area contributed by atoms with Gasteiger partial charge in [-0.25, -0.2) is 0 Å². The molecule has 0 fully saturated rings. The molecule has 0 saturated carbocycles. The fraction of sp³-hybridized carbons (Fsp3) is 0.200. The zero-order valence-electron chi connectivity index (χ0n) is 14.3. The summed E-state index contributed by atoms with van der Waals surface area (Å²) in [6.07, 6.45) is 0. The molecule has 2 aromatic carbocycles. The minimum absolute atomic E-state index is 0.0473. The molecule has 5 heteroatoms. The van der Waals surface area contributed by atoms with Crippen LogP contribution in [0.3, 0.4) is 0 Å². The lowest BCUT2D eigenvalue weighted by atomic mass is 10.1. The van der Waals surface area contributed by atoms with Crippen LogP contribution in [0.4, 0.5) is 0 Å². The van der Waals surface area contributed by atoms with E-state index in [-0.39, 0.29) is 5.91 Å². The summed E-state index contributed by atoms with van der Waals surface area (Å²) in [5.74, 6) is -0.0473. The normalized spacial score (nSPS) is 10.7. The number of hydrogen-bond acceptors (Lipinski definition) is 2. The molecule has 0 spiro atoms. The topological polar surface area (TPSA) is 46.9 Å². The number of aromatic nitrogens is 2. The Morgan fingerprint density at radius 3 is 2.56 bits per heavy atom. The molecule has 0 bridgehead atoms. The van der Waals surface area contributed by atoms with Crippen molar-refractivity contribution in [2.75, 3.05) is 0 Å². The number of halogens is 1. The number of aryl methyl sites for hydroxylation is 2. The highest BCUT2D eigenvalue weighted by atomic mass is 127. The minimum Gasteiger partial charge on any atom is -0.348 e. The lowest BCUT2D eigenvalue weighted by Crippen LogP contribution is -2.23. The van der Waals surface area contributed by atoms with Gasteiger partial charge in [-0.05, 0) is 65.8 Å². The Labute approximate surface area is 161 Å². The first-order valence-corrected chi connectivity index (χ1v) is 9.22. The molecule has 1 N–H and O–H groups in total. The van der Waals surface area contributed by atoms with Crippen molar-refractivity contribution in [1.82, 2.24) is 15.1 Å². The molecule has 0 radical (unpaired) electrons. The fourth-order valence-electron chi connectivity index (χ4n) is 2.77. The molecule has 128 valence electrons. The van der Waals surface area contributed by atoms with Crippen molar-refractivity contribution in [2.45, 2.75) is 26.9 Å². The molecule has 4 nitrogen and oxygen atoms in total. The molecule has 1 aromatic heterocycles. The van der Waals surface area contributed by atoms with Gasteiger partial charge in [0.1, 0.15) is 0 Å². The van der Waals surface area contributed by atoms with Crippen molar-refractivity contribution >= 4 is 28.5 Å². The minimum atomic E-state index is -0.0473. The second-order valence-electron chi connectivity index (χ2n) is 6.07. The van der Waals surface area contributed by atoms with Crippen LogP contribution >= 0.6 is 22.6 Å². The maximum atomic E-state index is 12.3. The molecule has 0 unspecified atom stereocenters.